The van der Waals surface area contributed by atoms with Crippen LogP contribution >= 0.6 is 0 Å². The molecule has 1 aliphatic rings. The first-order valence-corrected chi connectivity index (χ1v) is 9.41. The van der Waals surface area contributed by atoms with E-state index in [2.05, 4.69) is 48.5 Å². The second kappa shape index (κ2) is 10.1. The third-order valence-electron chi connectivity index (χ3n) is 5.28. The molecular weight excluding hydrogens is 284 g/mol. The van der Waals surface area contributed by atoms with E-state index in [1.54, 1.807) is 0 Å². The molecule has 1 aliphatic heterocycles. The molecule has 0 spiro atoms. The molecule has 3 heteroatoms. The van der Waals surface area contributed by atoms with Crippen LogP contribution < -0.4 is 5.48 Å². The third-order valence-corrected chi connectivity index (χ3v) is 5.28. The molecule has 0 aliphatic carbocycles. The topological polar surface area (TPSA) is 35.5 Å². The van der Waals surface area contributed by atoms with Gasteiger partial charge in [0.2, 0.25) is 0 Å². The Bertz CT molecular complexity index is 424. The van der Waals surface area contributed by atoms with Crippen molar-refractivity contribution in [1.29, 1.82) is 0 Å². The maximum atomic E-state index is 9.44. The number of piperidine rings is 1. The first kappa shape index (κ1) is 18.4. The number of rotatable bonds is 9. The van der Waals surface area contributed by atoms with Gasteiger partial charge in [0.25, 0.3) is 0 Å². The van der Waals surface area contributed by atoms with Crippen molar-refractivity contribution in [2.24, 2.45) is 5.92 Å². The number of hydrogen-bond acceptors (Lipinski definition) is 3. The Labute approximate surface area is 142 Å². The van der Waals surface area contributed by atoms with Crippen molar-refractivity contribution in [2.45, 2.75) is 64.8 Å². The molecule has 0 bridgehead atoms. The molecule has 2 rings (SSSR count). The number of nitrogens with one attached hydrogen (secondary N) is 1. The molecule has 1 fully saturated rings. The highest BCUT2D eigenvalue weighted by atomic mass is 16.5. The van der Waals surface area contributed by atoms with Gasteiger partial charge in [-0.25, -0.2) is 0 Å². The average molecular weight is 319 g/mol. The van der Waals surface area contributed by atoms with E-state index in [1.165, 1.54) is 56.3 Å². The van der Waals surface area contributed by atoms with Crippen LogP contribution in [0.4, 0.5) is 0 Å². The first-order valence-electron chi connectivity index (χ1n) is 9.41. The van der Waals surface area contributed by atoms with Crippen molar-refractivity contribution in [3.05, 3.63) is 35.4 Å². The van der Waals surface area contributed by atoms with Crippen LogP contribution in [-0.2, 0) is 0 Å². The first-order chi connectivity index (χ1) is 11.2. The largest absolute Gasteiger partial charge is 0.316 e. The molecule has 0 radical (unpaired) electrons. The lowest BCUT2D eigenvalue weighted by Gasteiger charge is -2.32. The minimum absolute atomic E-state index is 0.0534. The fourth-order valence-electron chi connectivity index (χ4n) is 3.62. The summed E-state index contributed by atoms with van der Waals surface area (Å²) in [5.74, 6) is 0.964. The molecular formula is C20H34N2O. The van der Waals surface area contributed by atoms with Crippen LogP contribution in [0, 0.1) is 12.8 Å². The molecule has 1 atom stereocenters. The summed E-state index contributed by atoms with van der Waals surface area (Å²) in [6, 6.07) is 8.50. The lowest BCUT2D eigenvalue weighted by atomic mass is 9.91. The number of benzene rings is 1. The number of unbranched alkanes of at least 4 members (excludes halogenated alkanes) is 1. The van der Waals surface area contributed by atoms with Gasteiger partial charge in [0.15, 0.2) is 0 Å². The van der Waals surface area contributed by atoms with Crippen LogP contribution in [0.3, 0.4) is 0 Å². The quantitative estimate of drug-likeness (QED) is 0.648. The minimum Gasteiger partial charge on any atom is -0.316 e. The highest BCUT2D eigenvalue weighted by Crippen LogP contribution is 2.24. The van der Waals surface area contributed by atoms with Crippen LogP contribution in [0.2, 0.25) is 0 Å². The molecule has 130 valence electrons. The maximum Gasteiger partial charge on any atom is 0.0569 e. The Balaban J connectivity index is 1.67. The van der Waals surface area contributed by atoms with E-state index in [0.717, 1.165) is 25.3 Å². The van der Waals surface area contributed by atoms with E-state index in [1.807, 2.05) is 0 Å². The van der Waals surface area contributed by atoms with Crippen molar-refractivity contribution in [2.75, 3.05) is 19.6 Å². The lowest BCUT2D eigenvalue weighted by molar-refractivity contribution is 0.115. The number of aryl methyl sites for hydroxylation is 1. The molecule has 0 amide bonds. The molecule has 1 unspecified atom stereocenters. The molecule has 1 aromatic rings. The Morgan fingerprint density at radius 1 is 1.17 bits per heavy atom. The Morgan fingerprint density at radius 3 is 2.48 bits per heavy atom. The summed E-state index contributed by atoms with van der Waals surface area (Å²) in [5, 5.41) is 9.44. The van der Waals surface area contributed by atoms with Crippen LogP contribution in [-0.4, -0.2) is 29.7 Å². The normalized spacial score (nSPS) is 18.2. The smallest absolute Gasteiger partial charge is 0.0569 e. The number of likely N-dealkylation sites (tertiary alicyclic amines) is 1. The summed E-state index contributed by atoms with van der Waals surface area (Å²) in [6.45, 7) is 8.06. The van der Waals surface area contributed by atoms with Crippen molar-refractivity contribution >= 4 is 0 Å². The van der Waals surface area contributed by atoms with Gasteiger partial charge in [-0.3, -0.25) is 0 Å². The van der Waals surface area contributed by atoms with Gasteiger partial charge in [0, 0.05) is 0 Å². The Kier molecular flexibility index (Phi) is 8.07. The average Bonchev–Trinajstić information content (AvgIpc) is 2.59. The molecule has 23 heavy (non-hydrogen) atoms. The zero-order valence-corrected chi connectivity index (χ0v) is 14.9. The van der Waals surface area contributed by atoms with Crippen LogP contribution in [0.25, 0.3) is 0 Å². The van der Waals surface area contributed by atoms with Crippen LogP contribution in [0.5, 0.6) is 0 Å². The van der Waals surface area contributed by atoms with Gasteiger partial charge in [-0.05, 0) is 63.7 Å². The maximum absolute atomic E-state index is 9.44. The van der Waals surface area contributed by atoms with Crippen LogP contribution in [0.1, 0.15) is 69.0 Å². The second-order valence-electron chi connectivity index (χ2n) is 7.16. The van der Waals surface area contributed by atoms with E-state index >= 15 is 0 Å². The zero-order chi connectivity index (χ0) is 16.5. The van der Waals surface area contributed by atoms with Gasteiger partial charge in [0.1, 0.15) is 0 Å². The van der Waals surface area contributed by atoms with Crippen molar-refractivity contribution in [3.63, 3.8) is 0 Å². The minimum atomic E-state index is 0.0534. The molecule has 0 aromatic heterocycles. The fourth-order valence-corrected chi connectivity index (χ4v) is 3.62. The van der Waals surface area contributed by atoms with Gasteiger partial charge in [-0.1, -0.05) is 56.0 Å². The van der Waals surface area contributed by atoms with E-state index in [-0.39, 0.29) is 6.04 Å². The summed E-state index contributed by atoms with van der Waals surface area (Å²) in [7, 11) is 0. The van der Waals surface area contributed by atoms with Gasteiger partial charge in [-0.2, -0.15) is 5.48 Å². The van der Waals surface area contributed by atoms with E-state index in [0.29, 0.717) is 0 Å². The van der Waals surface area contributed by atoms with Crippen molar-refractivity contribution < 1.29 is 5.21 Å². The van der Waals surface area contributed by atoms with Gasteiger partial charge in [-0.15, -0.1) is 0 Å². The highest BCUT2D eigenvalue weighted by molar-refractivity contribution is 5.23. The van der Waals surface area contributed by atoms with Crippen molar-refractivity contribution in [1.82, 2.24) is 10.4 Å². The number of nitrogens with zero attached hydrogens (tertiary/aromatic N) is 1. The SMILES string of the molecule is CCCCC1CCN(CCCC(NO)c2ccc(C)cc2)CC1. The molecule has 3 nitrogen and oxygen atoms in total. The van der Waals surface area contributed by atoms with Gasteiger partial charge < -0.3 is 10.1 Å². The predicted molar refractivity (Wildman–Crippen MR) is 96.8 cm³/mol. The number of hydrogen-bond donors (Lipinski definition) is 2. The summed E-state index contributed by atoms with van der Waals surface area (Å²) in [4.78, 5) is 2.60. The van der Waals surface area contributed by atoms with E-state index in [4.69, 9.17) is 0 Å². The molecule has 1 aromatic carbocycles. The zero-order valence-electron chi connectivity index (χ0n) is 14.9. The predicted octanol–water partition coefficient (Wildman–Crippen LogP) is 4.70. The standard InChI is InChI=1S/C20H34N2O/c1-3-4-6-18-12-15-22(16-13-18)14-5-7-20(21-23)19-10-8-17(2)9-11-19/h8-11,18,20-21,23H,3-7,12-16H2,1-2H3. The molecule has 1 saturated heterocycles. The van der Waals surface area contributed by atoms with Gasteiger partial charge >= 0.3 is 0 Å². The van der Waals surface area contributed by atoms with E-state index < -0.39 is 0 Å². The Hall–Kier alpha value is -0.900. The Morgan fingerprint density at radius 2 is 1.87 bits per heavy atom. The lowest BCUT2D eigenvalue weighted by Crippen LogP contribution is -2.34. The van der Waals surface area contributed by atoms with E-state index in [9.17, 15) is 5.21 Å². The van der Waals surface area contributed by atoms with Crippen molar-refractivity contribution in [3.8, 4) is 0 Å². The third kappa shape index (κ3) is 6.25. The summed E-state index contributed by atoms with van der Waals surface area (Å²) < 4.78 is 0. The molecule has 1 heterocycles. The molecule has 2 N–H and O–H groups in total. The summed E-state index contributed by atoms with van der Waals surface area (Å²) >= 11 is 0. The van der Waals surface area contributed by atoms with Gasteiger partial charge in [0.05, 0.1) is 6.04 Å². The summed E-state index contributed by atoms with van der Waals surface area (Å²) in [6.07, 6.45) is 9.01. The highest BCUT2D eigenvalue weighted by Gasteiger charge is 2.19. The fraction of sp³-hybridized carbons (Fsp3) is 0.700. The monoisotopic (exact) mass is 318 g/mol. The molecule has 0 saturated carbocycles. The number of hydroxylamine groups is 1. The second-order valence-corrected chi connectivity index (χ2v) is 7.16. The van der Waals surface area contributed by atoms with Crippen LogP contribution in [0.15, 0.2) is 24.3 Å². The summed E-state index contributed by atoms with van der Waals surface area (Å²) in [5.41, 5.74) is 4.92.